The quantitative estimate of drug-likeness (QED) is 0.886. The van der Waals surface area contributed by atoms with Crippen molar-refractivity contribution in [1.29, 1.82) is 0 Å². The molecule has 0 aliphatic rings. The fourth-order valence-electron chi connectivity index (χ4n) is 1.79. The van der Waals surface area contributed by atoms with Crippen LogP contribution in [0.4, 0.5) is 0 Å². The Hall–Kier alpha value is -1.66. The third-order valence-electron chi connectivity index (χ3n) is 2.98. The molecule has 0 amide bonds. The third kappa shape index (κ3) is 3.68. The van der Waals surface area contributed by atoms with Crippen molar-refractivity contribution in [2.75, 3.05) is 12.3 Å². The second-order valence-corrected chi connectivity index (χ2v) is 6.53. The molecule has 1 heterocycles. The zero-order valence-electron chi connectivity index (χ0n) is 11.6. The molecular formula is C14H18N2O3S. The number of aryl methyl sites for hydroxylation is 1. The van der Waals surface area contributed by atoms with Gasteiger partial charge in [-0.15, -0.1) is 0 Å². The Morgan fingerprint density at radius 1 is 1.25 bits per heavy atom. The van der Waals surface area contributed by atoms with E-state index in [4.69, 9.17) is 4.42 Å². The molecule has 20 heavy (non-hydrogen) atoms. The Kier molecular flexibility index (Phi) is 4.57. The minimum Gasteiger partial charge on any atom is -0.441 e. The topological polar surface area (TPSA) is 72.2 Å². The van der Waals surface area contributed by atoms with E-state index in [0.29, 0.717) is 18.9 Å². The molecule has 0 aliphatic heterocycles. The molecule has 0 bridgehead atoms. The summed E-state index contributed by atoms with van der Waals surface area (Å²) in [6, 6.07) is 9.62. The highest BCUT2D eigenvalue weighted by atomic mass is 32.2. The molecule has 5 nitrogen and oxygen atoms in total. The number of sulfonamides is 1. The largest absolute Gasteiger partial charge is 0.441 e. The van der Waals surface area contributed by atoms with E-state index in [1.165, 1.54) is 0 Å². The maximum Gasteiger partial charge on any atom is 0.226 e. The van der Waals surface area contributed by atoms with Gasteiger partial charge in [-0.25, -0.2) is 18.1 Å². The molecule has 2 aromatic rings. The number of nitrogens with zero attached hydrogens (tertiary/aromatic N) is 1. The van der Waals surface area contributed by atoms with Crippen molar-refractivity contribution in [1.82, 2.24) is 9.71 Å². The van der Waals surface area contributed by atoms with Crippen LogP contribution in [0.5, 0.6) is 0 Å². The van der Waals surface area contributed by atoms with Crippen LogP contribution in [0.15, 0.2) is 34.7 Å². The molecule has 1 aromatic heterocycles. The Morgan fingerprint density at radius 2 is 1.95 bits per heavy atom. The molecule has 0 unspecified atom stereocenters. The molecule has 2 rings (SSSR count). The van der Waals surface area contributed by atoms with Crippen molar-refractivity contribution < 1.29 is 12.8 Å². The van der Waals surface area contributed by atoms with Crippen LogP contribution >= 0.6 is 0 Å². The van der Waals surface area contributed by atoms with E-state index in [-0.39, 0.29) is 5.75 Å². The lowest BCUT2D eigenvalue weighted by Crippen LogP contribution is -2.27. The summed E-state index contributed by atoms with van der Waals surface area (Å²) in [4.78, 5) is 4.42. The Balaban J connectivity index is 2.05. The molecule has 0 saturated heterocycles. The highest BCUT2D eigenvalue weighted by Crippen LogP contribution is 2.21. The van der Waals surface area contributed by atoms with Gasteiger partial charge in [-0.2, -0.15) is 0 Å². The molecule has 1 N–H and O–H groups in total. The van der Waals surface area contributed by atoms with Crippen molar-refractivity contribution in [3.05, 3.63) is 41.8 Å². The van der Waals surface area contributed by atoms with Crippen molar-refractivity contribution in [3.8, 4) is 11.5 Å². The molecular weight excluding hydrogens is 276 g/mol. The molecule has 0 fully saturated rings. The minimum absolute atomic E-state index is 0.0834. The average Bonchev–Trinajstić information content (AvgIpc) is 2.81. The van der Waals surface area contributed by atoms with Gasteiger partial charge in [0.25, 0.3) is 0 Å². The second-order valence-electron chi connectivity index (χ2n) is 4.44. The predicted molar refractivity (Wildman–Crippen MR) is 77.8 cm³/mol. The number of rotatable bonds is 6. The van der Waals surface area contributed by atoms with Crippen LogP contribution in [0.25, 0.3) is 11.5 Å². The summed E-state index contributed by atoms with van der Waals surface area (Å²) in [5, 5.41) is 0. The highest BCUT2D eigenvalue weighted by molar-refractivity contribution is 7.89. The van der Waals surface area contributed by atoms with E-state index in [9.17, 15) is 8.42 Å². The monoisotopic (exact) mass is 294 g/mol. The van der Waals surface area contributed by atoms with Gasteiger partial charge in [0, 0.05) is 18.5 Å². The standard InChI is InChI=1S/C14H18N2O3S/c1-3-20(17,18)15-10-9-13-11(2)19-14(16-13)12-7-5-4-6-8-12/h4-8,15H,3,9-10H2,1-2H3. The van der Waals surface area contributed by atoms with Gasteiger partial charge < -0.3 is 4.42 Å². The van der Waals surface area contributed by atoms with E-state index in [1.54, 1.807) is 6.92 Å². The molecule has 0 spiro atoms. The van der Waals surface area contributed by atoms with Crippen molar-refractivity contribution in [2.45, 2.75) is 20.3 Å². The van der Waals surface area contributed by atoms with Crippen LogP contribution in [-0.2, 0) is 16.4 Å². The Bertz CT molecular complexity index is 663. The molecule has 108 valence electrons. The van der Waals surface area contributed by atoms with Crippen LogP contribution in [0.2, 0.25) is 0 Å². The predicted octanol–water partition coefficient (Wildman–Crippen LogP) is 2.13. The normalized spacial score (nSPS) is 11.7. The molecule has 0 atom stereocenters. The van der Waals surface area contributed by atoms with Gasteiger partial charge in [-0.05, 0) is 26.0 Å². The van der Waals surface area contributed by atoms with E-state index >= 15 is 0 Å². The number of benzene rings is 1. The third-order valence-corrected chi connectivity index (χ3v) is 4.38. The van der Waals surface area contributed by atoms with Crippen LogP contribution in [-0.4, -0.2) is 25.7 Å². The minimum atomic E-state index is -3.16. The Morgan fingerprint density at radius 3 is 2.60 bits per heavy atom. The van der Waals surface area contributed by atoms with Crippen molar-refractivity contribution in [3.63, 3.8) is 0 Å². The molecule has 0 radical (unpaired) electrons. The summed E-state index contributed by atoms with van der Waals surface area (Å²) in [5.41, 5.74) is 1.69. The summed E-state index contributed by atoms with van der Waals surface area (Å²) >= 11 is 0. The van der Waals surface area contributed by atoms with E-state index in [0.717, 1.165) is 17.0 Å². The molecule has 1 aromatic carbocycles. The summed E-state index contributed by atoms with van der Waals surface area (Å²) in [7, 11) is -3.16. The summed E-state index contributed by atoms with van der Waals surface area (Å²) < 4.78 is 30.8. The van der Waals surface area contributed by atoms with Crippen LogP contribution in [0.3, 0.4) is 0 Å². The number of oxazole rings is 1. The van der Waals surface area contributed by atoms with Gasteiger partial charge in [-0.1, -0.05) is 18.2 Å². The van der Waals surface area contributed by atoms with Gasteiger partial charge in [-0.3, -0.25) is 0 Å². The zero-order valence-corrected chi connectivity index (χ0v) is 12.4. The van der Waals surface area contributed by atoms with Crippen LogP contribution in [0.1, 0.15) is 18.4 Å². The van der Waals surface area contributed by atoms with Crippen molar-refractivity contribution in [2.24, 2.45) is 0 Å². The van der Waals surface area contributed by atoms with E-state index in [1.807, 2.05) is 37.3 Å². The summed E-state index contributed by atoms with van der Waals surface area (Å²) in [5.74, 6) is 1.37. The average molecular weight is 294 g/mol. The molecule has 0 aliphatic carbocycles. The van der Waals surface area contributed by atoms with Crippen molar-refractivity contribution >= 4 is 10.0 Å². The lowest BCUT2D eigenvalue weighted by Gasteiger charge is -2.02. The smallest absolute Gasteiger partial charge is 0.226 e. The number of aromatic nitrogens is 1. The first-order valence-electron chi connectivity index (χ1n) is 6.51. The first kappa shape index (κ1) is 14.7. The summed E-state index contributed by atoms with van der Waals surface area (Å²) in [6.07, 6.45) is 0.515. The number of nitrogens with one attached hydrogen (secondary N) is 1. The first-order valence-corrected chi connectivity index (χ1v) is 8.16. The van der Waals surface area contributed by atoms with E-state index in [2.05, 4.69) is 9.71 Å². The van der Waals surface area contributed by atoms with Gasteiger partial charge in [0.15, 0.2) is 0 Å². The van der Waals surface area contributed by atoms with Gasteiger partial charge >= 0.3 is 0 Å². The number of hydrogen-bond donors (Lipinski definition) is 1. The molecule has 6 heteroatoms. The fraction of sp³-hybridized carbons (Fsp3) is 0.357. The maximum atomic E-state index is 11.3. The SMILES string of the molecule is CCS(=O)(=O)NCCc1nc(-c2ccccc2)oc1C. The zero-order chi connectivity index (χ0) is 14.6. The molecule has 0 saturated carbocycles. The maximum absolute atomic E-state index is 11.3. The van der Waals surface area contributed by atoms with Crippen LogP contribution < -0.4 is 4.72 Å². The first-order chi connectivity index (χ1) is 9.52. The lowest BCUT2D eigenvalue weighted by atomic mass is 10.2. The lowest BCUT2D eigenvalue weighted by molar-refractivity contribution is 0.538. The van der Waals surface area contributed by atoms with Gasteiger partial charge in [0.2, 0.25) is 15.9 Å². The number of hydrogen-bond acceptors (Lipinski definition) is 4. The second kappa shape index (κ2) is 6.19. The van der Waals surface area contributed by atoms with Crippen LogP contribution in [0, 0.1) is 6.92 Å². The Labute approximate surface area is 119 Å². The van der Waals surface area contributed by atoms with Gasteiger partial charge in [0.05, 0.1) is 11.4 Å². The fourth-order valence-corrected chi connectivity index (χ4v) is 2.41. The summed E-state index contributed by atoms with van der Waals surface area (Å²) in [6.45, 7) is 3.78. The van der Waals surface area contributed by atoms with Gasteiger partial charge in [0.1, 0.15) is 5.76 Å². The van der Waals surface area contributed by atoms with E-state index < -0.39 is 10.0 Å². The highest BCUT2D eigenvalue weighted by Gasteiger charge is 2.12.